The minimum atomic E-state index is -0.710. The maximum Gasteiger partial charge on any atom is 0.308 e. The van der Waals surface area contributed by atoms with Crippen molar-refractivity contribution < 1.29 is 14.6 Å². The Morgan fingerprint density at radius 3 is 2.88 bits per heavy atom. The summed E-state index contributed by atoms with van der Waals surface area (Å²) in [7, 11) is 0. The van der Waals surface area contributed by atoms with Crippen LogP contribution < -0.4 is 5.73 Å². The van der Waals surface area contributed by atoms with Crippen LogP contribution in [0.25, 0.3) is 0 Å². The fraction of sp³-hybridized carbons (Fsp3) is 0.417. The molecule has 0 radical (unpaired) electrons. The number of aliphatic hydroxyl groups excluding tert-OH is 1. The molecule has 17 heavy (non-hydrogen) atoms. The summed E-state index contributed by atoms with van der Waals surface area (Å²) < 4.78 is 4.76. The zero-order valence-corrected chi connectivity index (χ0v) is 10.6. The molecule has 94 valence electrons. The third kappa shape index (κ3) is 5.10. The molecule has 0 saturated carbocycles. The van der Waals surface area contributed by atoms with Crippen LogP contribution in [0.3, 0.4) is 0 Å². The van der Waals surface area contributed by atoms with Gasteiger partial charge < -0.3 is 15.6 Å². The van der Waals surface area contributed by atoms with Crippen molar-refractivity contribution in [2.75, 3.05) is 18.1 Å². The molecule has 0 fully saturated rings. The molecule has 1 atom stereocenters. The first-order chi connectivity index (χ1) is 8.13. The van der Waals surface area contributed by atoms with E-state index in [2.05, 4.69) is 0 Å². The predicted octanol–water partition coefficient (Wildman–Crippen LogP) is 1.68. The zero-order chi connectivity index (χ0) is 12.7. The average molecular weight is 255 g/mol. The van der Waals surface area contributed by atoms with Crippen LogP contribution in [0.15, 0.2) is 29.2 Å². The van der Waals surface area contributed by atoms with Gasteiger partial charge in [-0.25, -0.2) is 0 Å². The lowest BCUT2D eigenvalue weighted by Gasteiger charge is -2.10. The minimum absolute atomic E-state index is 0.0214. The summed E-state index contributed by atoms with van der Waals surface area (Å²) in [5.74, 6) is 0.0502. The number of anilines is 1. The van der Waals surface area contributed by atoms with Gasteiger partial charge in [0.15, 0.2) is 0 Å². The van der Waals surface area contributed by atoms with Gasteiger partial charge in [-0.2, -0.15) is 0 Å². The van der Waals surface area contributed by atoms with Crippen molar-refractivity contribution in [3.63, 3.8) is 0 Å². The third-order valence-electron chi connectivity index (χ3n) is 2.06. The summed E-state index contributed by atoms with van der Waals surface area (Å²) in [6.45, 7) is 2.08. The number of nitrogens with two attached hydrogens (primary N) is 1. The highest BCUT2D eigenvalue weighted by atomic mass is 32.2. The van der Waals surface area contributed by atoms with Crippen LogP contribution >= 0.6 is 11.8 Å². The summed E-state index contributed by atoms with van der Waals surface area (Å²) in [5.41, 5.74) is 6.44. The largest absolute Gasteiger partial charge is 0.466 e. The second kappa shape index (κ2) is 7.19. The summed E-state index contributed by atoms with van der Waals surface area (Å²) in [6, 6.07) is 7.43. The normalized spacial score (nSPS) is 12.1. The van der Waals surface area contributed by atoms with E-state index in [9.17, 15) is 9.90 Å². The fourth-order valence-corrected chi connectivity index (χ4v) is 2.17. The molecule has 5 heteroatoms. The Bertz CT molecular complexity index is 371. The van der Waals surface area contributed by atoms with Crippen LogP contribution in [-0.4, -0.2) is 29.5 Å². The molecule has 0 aliphatic carbocycles. The van der Waals surface area contributed by atoms with E-state index >= 15 is 0 Å². The smallest absolute Gasteiger partial charge is 0.308 e. The number of aliphatic hydroxyl groups is 1. The molecule has 1 unspecified atom stereocenters. The van der Waals surface area contributed by atoms with Crippen molar-refractivity contribution in [2.24, 2.45) is 0 Å². The Kier molecular flexibility index (Phi) is 5.86. The van der Waals surface area contributed by atoms with Crippen molar-refractivity contribution in [3.8, 4) is 0 Å². The molecule has 0 saturated heterocycles. The number of benzene rings is 1. The van der Waals surface area contributed by atoms with Crippen molar-refractivity contribution in [1.82, 2.24) is 0 Å². The van der Waals surface area contributed by atoms with Crippen LogP contribution in [0.2, 0.25) is 0 Å². The lowest BCUT2D eigenvalue weighted by atomic mass is 10.3. The van der Waals surface area contributed by atoms with E-state index in [1.165, 1.54) is 11.8 Å². The Balaban J connectivity index is 2.35. The maximum atomic E-state index is 11.1. The Labute approximate surface area is 105 Å². The SMILES string of the molecule is CCOC(=O)CC(O)CSc1ccccc1N. The molecule has 0 heterocycles. The van der Waals surface area contributed by atoms with Crippen LogP contribution in [0.5, 0.6) is 0 Å². The van der Waals surface area contributed by atoms with E-state index in [-0.39, 0.29) is 12.4 Å². The second-order valence-electron chi connectivity index (χ2n) is 3.51. The monoisotopic (exact) mass is 255 g/mol. The number of thioether (sulfide) groups is 1. The molecule has 0 amide bonds. The summed E-state index contributed by atoms with van der Waals surface area (Å²) in [4.78, 5) is 12.0. The molecule has 0 aromatic heterocycles. The molecule has 0 bridgehead atoms. The lowest BCUT2D eigenvalue weighted by molar-refractivity contribution is -0.144. The maximum absolute atomic E-state index is 11.1. The Hall–Kier alpha value is -1.20. The van der Waals surface area contributed by atoms with Crippen LogP contribution in [0.4, 0.5) is 5.69 Å². The Morgan fingerprint density at radius 1 is 1.53 bits per heavy atom. The molecule has 0 aliphatic rings. The highest BCUT2D eigenvalue weighted by molar-refractivity contribution is 7.99. The second-order valence-corrected chi connectivity index (χ2v) is 4.57. The number of hydrogen-bond acceptors (Lipinski definition) is 5. The molecule has 3 N–H and O–H groups in total. The van der Waals surface area contributed by atoms with Gasteiger partial charge >= 0.3 is 5.97 Å². The summed E-state index contributed by atoms with van der Waals surface area (Å²) >= 11 is 1.43. The molecule has 0 aliphatic heterocycles. The molecular weight excluding hydrogens is 238 g/mol. The first kappa shape index (κ1) is 13.9. The molecular formula is C12H17NO3S. The van der Waals surface area contributed by atoms with E-state index in [1.54, 1.807) is 13.0 Å². The molecule has 1 aromatic rings. The first-order valence-electron chi connectivity index (χ1n) is 5.44. The van der Waals surface area contributed by atoms with E-state index in [1.807, 2.05) is 18.2 Å². The zero-order valence-electron chi connectivity index (χ0n) is 9.76. The van der Waals surface area contributed by atoms with Crippen LogP contribution in [0, 0.1) is 0 Å². The standard InChI is InChI=1S/C12H17NO3S/c1-2-16-12(15)7-9(14)8-17-11-6-4-3-5-10(11)13/h3-6,9,14H,2,7-8,13H2,1H3. The highest BCUT2D eigenvalue weighted by Gasteiger charge is 2.12. The van der Waals surface area contributed by atoms with Crippen LogP contribution in [0.1, 0.15) is 13.3 Å². The number of para-hydroxylation sites is 1. The van der Waals surface area contributed by atoms with Crippen LogP contribution in [-0.2, 0) is 9.53 Å². The van der Waals surface area contributed by atoms with Gasteiger partial charge in [-0.15, -0.1) is 11.8 Å². The molecule has 4 nitrogen and oxygen atoms in total. The number of ether oxygens (including phenoxy) is 1. The first-order valence-corrected chi connectivity index (χ1v) is 6.43. The predicted molar refractivity (Wildman–Crippen MR) is 68.8 cm³/mol. The van der Waals surface area contributed by atoms with Gasteiger partial charge in [0.2, 0.25) is 0 Å². The molecule has 1 rings (SSSR count). The Morgan fingerprint density at radius 2 is 2.24 bits per heavy atom. The number of esters is 1. The third-order valence-corrected chi connectivity index (χ3v) is 3.29. The number of hydrogen-bond donors (Lipinski definition) is 2. The average Bonchev–Trinajstić information content (AvgIpc) is 2.28. The number of nitrogen functional groups attached to an aromatic ring is 1. The number of rotatable bonds is 6. The minimum Gasteiger partial charge on any atom is -0.466 e. The topological polar surface area (TPSA) is 72.5 Å². The van der Waals surface area contributed by atoms with Gasteiger partial charge in [0.1, 0.15) is 0 Å². The van der Waals surface area contributed by atoms with E-state index < -0.39 is 6.10 Å². The number of carbonyl (C=O) groups is 1. The highest BCUT2D eigenvalue weighted by Crippen LogP contribution is 2.25. The summed E-state index contributed by atoms with van der Waals surface area (Å²) in [6.07, 6.45) is -0.688. The van der Waals surface area contributed by atoms with Gasteiger partial charge in [0.25, 0.3) is 0 Å². The molecule has 1 aromatic carbocycles. The fourth-order valence-electron chi connectivity index (χ4n) is 1.27. The van der Waals surface area contributed by atoms with Crippen molar-refractivity contribution in [1.29, 1.82) is 0 Å². The van der Waals surface area contributed by atoms with E-state index in [4.69, 9.17) is 10.5 Å². The summed E-state index contributed by atoms with van der Waals surface area (Å²) in [5, 5.41) is 9.64. The van der Waals surface area contributed by atoms with Crippen molar-refractivity contribution in [2.45, 2.75) is 24.3 Å². The quantitative estimate of drug-likeness (QED) is 0.459. The van der Waals surface area contributed by atoms with Gasteiger partial charge in [-0.1, -0.05) is 12.1 Å². The van der Waals surface area contributed by atoms with Gasteiger partial charge in [0, 0.05) is 16.3 Å². The van der Waals surface area contributed by atoms with Gasteiger partial charge in [-0.05, 0) is 19.1 Å². The van der Waals surface area contributed by atoms with Crippen molar-refractivity contribution >= 4 is 23.4 Å². The van der Waals surface area contributed by atoms with Gasteiger partial charge in [0.05, 0.1) is 19.1 Å². The van der Waals surface area contributed by atoms with E-state index in [0.717, 1.165) is 4.90 Å². The molecule has 0 spiro atoms. The lowest BCUT2D eigenvalue weighted by Crippen LogP contribution is -2.17. The number of carbonyl (C=O) groups excluding carboxylic acids is 1. The van der Waals surface area contributed by atoms with E-state index in [0.29, 0.717) is 18.0 Å². The van der Waals surface area contributed by atoms with Gasteiger partial charge in [-0.3, -0.25) is 4.79 Å². The van der Waals surface area contributed by atoms with Crippen molar-refractivity contribution in [3.05, 3.63) is 24.3 Å².